The Kier molecular flexibility index (Phi) is 5.74. The van der Waals surface area contributed by atoms with E-state index in [1.165, 1.54) is 23.5 Å². The molecule has 1 fully saturated rings. The molecule has 1 aliphatic rings. The number of amides is 1. The Labute approximate surface area is 176 Å². The quantitative estimate of drug-likeness (QED) is 0.663. The van der Waals surface area contributed by atoms with E-state index in [9.17, 15) is 13.2 Å². The standard InChI is InChI=1S/C23H24N2O4S/c1-29-22-12-11-20(30(27,28)25-13-5-2-6-14-25)16-21(22)24-23(26)19-10-9-17-7-3-4-8-18(17)15-19/h3-4,7-12,15-16H,2,5-6,13-14H2,1H3,(H,24,26). The van der Waals surface area contributed by atoms with Crippen molar-refractivity contribution in [3.05, 3.63) is 66.2 Å². The van der Waals surface area contributed by atoms with Crippen LogP contribution in [0.1, 0.15) is 29.6 Å². The zero-order valence-electron chi connectivity index (χ0n) is 16.8. The van der Waals surface area contributed by atoms with Gasteiger partial charge >= 0.3 is 0 Å². The van der Waals surface area contributed by atoms with Crippen LogP contribution in [0.15, 0.2) is 65.6 Å². The molecule has 7 heteroatoms. The van der Waals surface area contributed by atoms with Gasteiger partial charge in [0.1, 0.15) is 5.75 Å². The molecular formula is C23H24N2O4S. The Morgan fingerprint density at radius 2 is 1.67 bits per heavy atom. The average Bonchev–Trinajstić information content (AvgIpc) is 2.79. The van der Waals surface area contributed by atoms with Gasteiger partial charge in [-0.25, -0.2) is 8.42 Å². The van der Waals surface area contributed by atoms with E-state index in [4.69, 9.17) is 4.74 Å². The van der Waals surface area contributed by atoms with Crippen molar-refractivity contribution in [1.82, 2.24) is 4.31 Å². The van der Waals surface area contributed by atoms with Gasteiger partial charge in [0.15, 0.2) is 0 Å². The van der Waals surface area contributed by atoms with Crippen molar-refractivity contribution >= 4 is 32.4 Å². The summed E-state index contributed by atoms with van der Waals surface area (Å²) in [5.74, 6) is 0.0771. The largest absolute Gasteiger partial charge is 0.495 e. The molecule has 0 aliphatic carbocycles. The normalized spacial score (nSPS) is 15.1. The fourth-order valence-corrected chi connectivity index (χ4v) is 5.27. The second kappa shape index (κ2) is 8.45. The van der Waals surface area contributed by atoms with E-state index in [-0.39, 0.29) is 10.8 Å². The van der Waals surface area contributed by atoms with Gasteiger partial charge in [-0.2, -0.15) is 4.31 Å². The first-order valence-electron chi connectivity index (χ1n) is 9.97. The number of hydrogen-bond donors (Lipinski definition) is 1. The zero-order chi connectivity index (χ0) is 21.1. The van der Waals surface area contributed by atoms with Crippen LogP contribution in [0.3, 0.4) is 0 Å². The third-order valence-corrected chi connectivity index (χ3v) is 7.28. The number of nitrogens with zero attached hydrogens (tertiary/aromatic N) is 1. The van der Waals surface area contributed by atoms with Crippen molar-refractivity contribution < 1.29 is 17.9 Å². The van der Waals surface area contributed by atoms with Crippen molar-refractivity contribution in [2.45, 2.75) is 24.2 Å². The Hall–Kier alpha value is -2.90. The smallest absolute Gasteiger partial charge is 0.255 e. The molecule has 1 saturated heterocycles. The number of carbonyl (C=O) groups is 1. The fourth-order valence-electron chi connectivity index (χ4n) is 3.72. The van der Waals surface area contributed by atoms with Crippen LogP contribution in [0.2, 0.25) is 0 Å². The van der Waals surface area contributed by atoms with Gasteiger partial charge < -0.3 is 10.1 Å². The number of benzene rings is 3. The number of nitrogens with one attached hydrogen (secondary N) is 1. The monoisotopic (exact) mass is 424 g/mol. The van der Waals surface area contributed by atoms with Crippen LogP contribution in [0.4, 0.5) is 5.69 Å². The van der Waals surface area contributed by atoms with Crippen LogP contribution in [-0.4, -0.2) is 38.8 Å². The molecule has 0 atom stereocenters. The molecule has 1 heterocycles. The van der Waals surface area contributed by atoms with E-state index >= 15 is 0 Å². The summed E-state index contributed by atoms with van der Waals surface area (Å²) in [6, 6.07) is 17.8. The summed E-state index contributed by atoms with van der Waals surface area (Å²) in [6.07, 6.45) is 2.77. The highest BCUT2D eigenvalue weighted by Gasteiger charge is 2.27. The number of methoxy groups -OCH3 is 1. The Morgan fingerprint density at radius 3 is 2.40 bits per heavy atom. The molecule has 6 nitrogen and oxygen atoms in total. The lowest BCUT2D eigenvalue weighted by Gasteiger charge is -2.26. The molecule has 3 aromatic rings. The number of anilines is 1. The topological polar surface area (TPSA) is 75.7 Å². The number of sulfonamides is 1. The van der Waals surface area contributed by atoms with Gasteiger partial charge in [0.05, 0.1) is 17.7 Å². The van der Waals surface area contributed by atoms with E-state index in [1.54, 1.807) is 12.1 Å². The van der Waals surface area contributed by atoms with Gasteiger partial charge in [-0.3, -0.25) is 4.79 Å². The maximum Gasteiger partial charge on any atom is 0.255 e. The molecule has 1 N–H and O–H groups in total. The highest BCUT2D eigenvalue weighted by molar-refractivity contribution is 7.89. The van der Waals surface area contributed by atoms with Gasteiger partial charge in [0.2, 0.25) is 10.0 Å². The summed E-state index contributed by atoms with van der Waals surface area (Å²) >= 11 is 0. The maximum absolute atomic E-state index is 13.0. The van der Waals surface area contributed by atoms with Gasteiger partial charge in [0, 0.05) is 18.7 Å². The van der Waals surface area contributed by atoms with Crippen LogP contribution in [0.25, 0.3) is 10.8 Å². The molecule has 0 saturated carbocycles. The molecule has 0 bridgehead atoms. The van der Waals surface area contributed by atoms with E-state index < -0.39 is 10.0 Å². The molecule has 0 aromatic heterocycles. The van der Waals surface area contributed by atoms with Gasteiger partial charge in [0.25, 0.3) is 5.91 Å². The lowest BCUT2D eigenvalue weighted by atomic mass is 10.1. The molecule has 30 heavy (non-hydrogen) atoms. The first kappa shape index (κ1) is 20.4. The summed E-state index contributed by atoms with van der Waals surface area (Å²) in [4.78, 5) is 13.0. The highest BCUT2D eigenvalue weighted by atomic mass is 32.2. The van der Waals surface area contributed by atoms with Crippen molar-refractivity contribution in [2.75, 3.05) is 25.5 Å². The third kappa shape index (κ3) is 4.04. The minimum atomic E-state index is -3.61. The number of rotatable bonds is 5. The first-order chi connectivity index (χ1) is 14.5. The third-order valence-electron chi connectivity index (χ3n) is 5.38. The summed E-state index contributed by atoms with van der Waals surface area (Å²) in [6.45, 7) is 1.04. The second-order valence-electron chi connectivity index (χ2n) is 7.34. The number of ether oxygens (including phenoxy) is 1. The summed E-state index contributed by atoms with van der Waals surface area (Å²) in [7, 11) is -2.13. The predicted octanol–water partition coefficient (Wildman–Crippen LogP) is 4.28. The molecule has 0 radical (unpaired) electrons. The maximum atomic E-state index is 13.0. The van der Waals surface area contributed by atoms with Gasteiger partial charge in [-0.05, 0) is 53.9 Å². The van der Waals surface area contributed by atoms with Crippen LogP contribution < -0.4 is 10.1 Å². The Balaban J connectivity index is 1.63. The molecule has 0 unspecified atom stereocenters. The Morgan fingerprint density at radius 1 is 0.933 bits per heavy atom. The fraction of sp³-hybridized carbons (Fsp3) is 0.261. The Bertz CT molecular complexity index is 1180. The van der Waals surface area contributed by atoms with E-state index in [0.29, 0.717) is 30.1 Å². The second-order valence-corrected chi connectivity index (χ2v) is 9.28. The minimum absolute atomic E-state index is 0.152. The van der Waals surface area contributed by atoms with Crippen LogP contribution >= 0.6 is 0 Å². The molecule has 1 amide bonds. The van der Waals surface area contributed by atoms with Crippen molar-refractivity contribution in [1.29, 1.82) is 0 Å². The van der Waals surface area contributed by atoms with Crippen LogP contribution in [0, 0.1) is 0 Å². The van der Waals surface area contributed by atoms with Crippen molar-refractivity contribution in [3.63, 3.8) is 0 Å². The zero-order valence-corrected chi connectivity index (χ0v) is 17.6. The summed E-state index contributed by atoms with van der Waals surface area (Å²) in [5, 5.41) is 4.81. The highest BCUT2D eigenvalue weighted by Crippen LogP contribution is 2.30. The number of fused-ring (bicyclic) bond motifs is 1. The lowest BCUT2D eigenvalue weighted by molar-refractivity contribution is 0.102. The molecule has 0 spiro atoms. The number of carbonyl (C=O) groups excluding carboxylic acids is 1. The van der Waals surface area contributed by atoms with Crippen LogP contribution in [-0.2, 0) is 10.0 Å². The number of hydrogen-bond acceptors (Lipinski definition) is 4. The SMILES string of the molecule is COc1ccc(S(=O)(=O)N2CCCCC2)cc1NC(=O)c1ccc2ccccc2c1. The van der Waals surface area contributed by atoms with Gasteiger partial charge in [-0.15, -0.1) is 0 Å². The molecule has 3 aromatic carbocycles. The summed E-state index contributed by atoms with van der Waals surface area (Å²) < 4.78 is 32.9. The lowest BCUT2D eigenvalue weighted by Crippen LogP contribution is -2.35. The average molecular weight is 425 g/mol. The van der Waals surface area contributed by atoms with E-state index in [0.717, 1.165) is 30.0 Å². The van der Waals surface area contributed by atoms with Crippen molar-refractivity contribution in [2.24, 2.45) is 0 Å². The first-order valence-corrected chi connectivity index (χ1v) is 11.4. The molecule has 1 aliphatic heterocycles. The van der Waals surface area contributed by atoms with Crippen molar-refractivity contribution in [3.8, 4) is 5.75 Å². The number of piperidine rings is 1. The van der Waals surface area contributed by atoms with E-state index in [2.05, 4.69) is 5.32 Å². The van der Waals surface area contributed by atoms with Gasteiger partial charge in [-0.1, -0.05) is 36.8 Å². The van der Waals surface area contributed by atoms with Crippen LogP contribution in [0.5, 0.6) is 5.75 Å². The van der Waals surface area contributed by atoms with E-state index in [1.807, 2.05) is 36.4 Å². The summed E-state index contributed by atoms with van der Waals surface area (Å²) in [5.41, 5.74) is 0.814. The predicted molar refractivity (Wildman–Crippen MR) is 118 cm³/mol. The molecular weight excluding hydrogens is 400 g/mol. The molecule has 4 rings (SSSR count). The molecule has 156 valence electrons. The minimum Gasteiger partial charge on any atom is -0.495 e.